The van der Waals surface area contributed by atoms with E-state index in [0.29, 0.717) is 12.3 Å². The molecule has 2 aromatic carbocycles. The molecule has 8 heteroatoms. The Morgan fingerprint density at radius 2 is 2.10 bits per heavy atom. The van der Waals surface area contributed by atoms with Gasteiger partial charge in [-0.05, 0) is 30.9 Å². The lowest BCUT2D eigenvalue weighted by atomic mass is 9.92. The third-order valence-corrected chi connectivity index (χ3v) is 5.38. The number of nitro benzene ring substituents is 1. The van der Waals surface area contributed by atoms with Gasteiger partial charge in [-0.2, -0.15) is 5.10 Å². The SMILES string of the molecule is COc1ccc([N+](=O)[O-])cc1C(=O)NC1CCCc2c1cnn2Cc1ccccc1. The molecule has 1 heterocycles. The smallest absolute Gasteiger partial charge is 0.270 e. The number of nitro groups is 1. The zero-order valence-corrected chi connectivity index (χ0v) is 16.6. The largest absolute Gasteiger partial charge is 0.496 e. The number of aromatic nitrogens is 2. The molecule has 3 aromatic rings. The number of nitrogens with zero attached hydrogens (tertiary/aromatic N) is 3. The fourth-order valence-electron chi connectivity index (χ4n) is 3.88. The van der Waals surface area contributed by atoms with Crippen LogP contribution in [0.15, 0.2) is 54.7 Å². The fraction of sp³-hybridized carbons (Fsp3) is 0.273. The van der Waals surface area contributed by atoms with Gasteiger partial charge in [0.1, 0.15) is 5.75 Å². The van der Waals surface area contributed by atoms with Gasteiger partial charge in [-0.1, -0.05) is 30.3 Å². The van der Waals surface area contributed by atoms with E-state index in [-0.39, 0.29) is 17.3 Å². The minimum absolute atomic E-state index is 0.149. The molecule has 1 unspecified atom stereocenters. The number of fused-ring (bicyclic) bond motifs is 1. The summed E-state index contributed by atoms with van der Waals surface area (Å²) in [5.41, 5.74) is 3.27. The van der Waals surface area contributed by atoms with E-state index in [1.165, 1.54) is 25.3 Å². The van der Waals surface area contributed by atoms with E-state index in [1.807, 2.05) is 29.1 Å². The molecule has 0 bridgehead atoms. The van der Waals surface area contributed by atoms with Crippen molar-refractivity contribution in [2.75, 3.05) is 7.11 Å². The number of ether oxygens (including phenoxy) is 1. The van der Waals surface area contributed by atoms with E-state index in [9.17, 15) is 14.9 Å². The van der Waals surface area contributed by atoms with Gasteiger partial charge in [0.05, 0.1) is 36.4 Å². The normalized spacial score (nSPS) is 15.3. The molecule has 154 valence electrons. The first-order valence-electron chi connectivity index (χ1n) is 9.78. The Morgan fingerprint density at radius 3 is 2.83 bits per heavy atom. The number of hydrogen-bond acceptors (Lipinski definition) is 5. The number of amides is 1. The minimum atomic E-state index is -0.525. The van der Waals surface area contributed by atoms with Gasteiger partial charge in [0.15, 0.2) is 0 Å². The highest BCUT2D eigenvalue weighted by atomic mass is 16.6. The van der Waals surface area contributed by atoms with Crippen molar-refractivity contribution in [1.29, 1.82) is 0 Å². The monoisotopic (exact) mass is 406 g/mol. The summed E-state index contributed by atoms with van der Waals surface area (Å²) >= 11 is 0. The first-order valence-corrected chi connectivity index (χ1v) is 9.78. The second-order valence-electron chi connectivity index (χ2n) is 7.25. The maximum absolute atomic E-state index is 12.9. The van der Waals surface area contributed by atoms with Gasteiger partial charge in [-0.25, -0.2) is 0 Å². The summed E-state index contributed by atoms with van der Waals surface area (Å²) in [4.78, 5) is 23.5. The van der Waals surface area contributed by atoms with E-state index in [1.54, 1.807) is 0 Å². The topological polar surface area (TPSA) is 99.3 Å². The number of rotatable bonds is 6. The van der Waals surface area contributed by atoms with Gasteiger partial charge >= 0.3 is 0 Å². The van der Waals surface area contributed by atoms with Crippen LogP contribution in [0.2, 0.25) is 0 Å². The summed E-state index contributed by atoms with van der Waals surface area (Å²) in [5, 5.41) is 18.7. The number of methoxy groups -OCH3 is 1. The molecular weight excluding hydrogens is 384 g/mol. The highest BCUT2D eigenvalue weighted by Gasteiger charge is 2.27. The van der Waals surface area contributed by atoms with Crippen molar-refractivity contribution in [2.45, 2.75) is 31.8 Å². The van der Waals surface area contributed by atoms with E-state index >= 15 is 0 Å². The molecule has 1 atom stereocenters. The molecule has 1 aliphatic rings. The Balaban J connectivity index is 1.57. The summed E-state index contributed by atoms with van der Waals surface area (Å²) in [6.07, 6.45) is 4.42. The molecule has 1 aliphatic carbocycles. The van der Waals surface area contributed by atoms with Crippen molar-refractivity contribution in [1.82, 2.24) is 15.1 Å². The van der Waals surface area contributed by atoms with Crippen LogP contribution in [0.25, 0.3) is 0 Å². The lowest BCUT2D eigenvalue weighted by molar-refractivity contribution is -0.384. The summed E-state index contributed by atoms with van der Waals surface area (Å²) < 4.78 is 7.21. The standard InChI is InChI=1S/C22H22N4O4/c1-30-21-11-10-16(26(28)29)12-17(21)22(27)24-19-8-5-9-20-18(19)13-23-25(20)14-15-6-3-2-4-7-15/h2-4,6-7,10-13,19H,5,8-9,14H2,1H3,(H,24,27). The van der Waals surface area contributed by atoms with Crippen molar-refractivity contribution in [3.05, 3.63) is 87.2 Å². The Labute approximate surface area is 173 Å². The van der Waals surface area contributed by atoms with Gasteiger partial charge in [0, 0.05) is 23.4 Å². The average molecular weight is 406 g/mol. The second-order valence-corrected chi connectivity index (χ2v) is 7.25. The third-order valence-electron chi connectivity index (χ3n) is 5.38. The van der Waals surface area contributed by atoms with Crippen molar-refractivity contribution in [2.24, 2.45) is 0 Å². The molecule has 0 saturated heterocycles. The number of non-ortho nitro benzene ring substituents is 1. The molecule has 1 aromatic heterocycles. The number of hydrogen-bond donors (Lipinski definition) is 1. The summed E-state index contributed by atoms with van der Waals surface area (Å²) in [6.45, 7) is 0.676. The fourth-order valence-corrected chi connectivity index (χ4v) is 3.88. The quantitative estimate of drug-likeness (QED) is 0.497. The van der Waals surface area contributed by atoms with Gasteiger partial charge in [0.2, 0.25) is 0 Å². The highest BCUT2D eigenvalue weighted by molar-refractivity contribution is 5.97. The van der Waals surface area contributed by atoms with Crippen LogP contribution in [0.4, 0.5) is 5.69 Å². The number of carbonyl (C=O) groups excluding carboxylic acids is 1. The Hall–Kier alpha value is -3.68. The molecule has 0 saturated carbocycles. The van der Waals surface area contributed by atoms with Crippen LogP contribution < -0.4 is 10.1 Å². The molecule has 0 radical (unpaired) electrons. The van der Waals surface area contributed by atoms with Gasteiger partial charge in [0.25, 0.3) is 11.6 Å². The third kappa shape index (κ3) is 3.89. The van der Waals surface area contributed by atoms with Crippen LogP contribution in [0, 0.1) is 10.1 Å². The first kappa shape index (κ1) is 19.6. The predicted molar refractivity (Wildman–Crippen MR) is 111 cm³/mol. The molecule has 1 amide bonds. The highest BCUT2D eigenvalue weighted by Crippen LogP contribution is 2.31. The Morgan fingerprint density at radius 1 is 1.30 bits per heavy atom. The first-order chi connectivity index (χ1) is 14.6. The zero-order valence-electron chi connectivity index (χ0n) is 16.6. The van der Waals surface area contributed by atoms with E-state index in [2.05, 4.69) is 22.5 Å². The Bertz CT molecular complexity index is 1080. The molecule has 0 spiro atoms. The van der Waals surface area contributed by atoms with Crippen LogP contribution in [0.1, 0.15) is 46.1 Å². The van der Waals surface area contributed by atoms with E-state index in [4.69, 9.17) is 4.74 Å². The number of nitrogens with one attached hydrogen (secondary N) is 1. The second kappa shape index (κ2) is 8.36. The van der Waals surface area contributed by atoms with Crippen molar-refractivity contribution in [3.8, 4) is 5.75 Å². The molecular formula is C22H22N4O4. The lowest BCUT2D eigenvalue weighted by Gasteiger charge is -2.24. The lowest BCUT2D eigenvalue weighted by Crippen LogP contribution is -2.31. The maximum Gasteiger partial charge on any atom is 0.270 e. The minimum Gasteiger partial charge on any atom is -0.496 e. The zero-order chi connectivity index (χ0) is 21.1. The average Bonchev–Trinajstić information content (AvgIpc) is 3.17. The van der Waals surface area contributed by atoms with Crippen molar-refractivity contribution < 1.29 is 14.5 Å². The molecule has 0 aliphatic heterocycles. The van der Waals surface area contributed by atoms with Crippen molar-refractivity contribution >= 4 is 11.6 Å². The molecule has 0 fully saturated rings. The summed E-state index contributed by atoms with van der Waals surface area (Å²) in [5.74, 6) is -0.0990. The molecule has 1 N–H and O–H groups in total. The number of carbonyl (C=O) groups is 1. The Kier molecular flexibility index (Phi) is 5.47. The van der Waals surface area contributed by atoms with Crippen LogP contribution in [-0.4, -0.2) is 27.7 Å². The van der Waals surface area contributed by atoms with Gasteiger partial charge in [-0.15, -0.1) is 0 Å². The van der Waals surface area contributed by atoms with Gasteiger partial charge < -0.3 is 10.1 Å². The molecule has 30 heavy (non-hydrogen) atoms. The molecule has 8 nitrogen and oxygen atoms in total. The van der Waals surface area contributed by atoms with Crippen LogP contribution in [0.3, 0.4) is 0 Å². The van der Waals surface area contributed by atoms with Gasteiger partial charge in [-0.3, -0.25) is 19.6 Å². The van der Waals surface area contributed by atoms with Crippen LogP contribution in [-0.2, 0) is 13.0 Å². The van der Waals surface area contributed by atoms with E-state index in [0.717, 1.165) is 36.1 Å². The maximum atomic E-state index is 12.9. The summed E-state index contributed by atoms with van der Waals surface area (Å²) in [7, 11) is 1.43. The summed E-state index contributed by atoms with van der Waals surface area (Å²) in [6, 6.07) is 13.9. The van der Waals surface area contributed by atoms with Crippen LogP contribution in [0.5, 0.6) is 5.75 Å². The van der Waals surface area contributed by atoms with E-state index < -0.39 is 10.8 Å². The number of benzene rings is 2. The van der Waals surface area contributed by atoms with Crippen LogP contribution >= 0.6 is 0 Å². The molecule has 4 rings (SSSR count). The van der Waals surface area contributed by atoms with Crippen molar-refractivity contribution in [3.63, 3.8) is 0 Å². The predicted octanol–water partition coefficient (Wildman–Crippen LogP) is 3.66.